The average molecular weight is 608 g/mol. The lowest BCUT2D eigenvalue weighted by molar-refractivity contribution is 0.243. The predicted octanol–water partition coefficient (Wildman–Crippen LogP) is 6.61. The number of aromatic nitrogens is 2. The van der Waals surface area contributed by atoms with Gasteiger partial charge in [-0.15, -0.1) is 0 Å². The Kier molecular flexibility index (Phi) is 8.58. The number of anilines is 3. The van der Waals surface area contributed by atoms with E-state index < -0.39 is 0 Å². The van der Waals surface area contributed by atoms with Crippen molar-refractivity contribution in [3.63, 3.8) is 0 Å². The molecule has 2 aliphatic rings. The molecule has 4 rings (SSSR count). The van der Waals surface area contributed by atoms with E-state index in [1.807, 2.05) is 0 Å². The van der Waals surface area contributed by atoms with Gasteiger partial charge >= 0.3 is 6.03 Å². The van der Waals surface area contributed by atoms with E-state index in [1.54, 1.807) is 0 Å². The van der Waals surface area contributed by atoms with E-state index in [2.05, 4.69) is 92.8 Å². The first kappa shape index (κ1) is 26.2. The smallest absolute Gasteiger partial charge is 0.319 e. The summed E-state index contributed by atoms with van der Waals surface area (Å²) in [5.74, 6) is 2.20. The maximum absolute atomic E-state index is 12.7. The van der Waals surface area contributed by atoms with Crippen LogP contribution in [0.5, 0.6) is 0 Å². The highest BCUT2D eigenvalue weighted by atomic mass is 79.9. The van der Waals surface area contributed by atoms with Crippen molar-refractivity contribution >= 4 is 55.3 Å². The molecule has 9 heteroatoms. The Morgan fingerprint density at radius 3 is 2.26 bits per heavy atom. The summed E-state index contributed by atoms with van der Waals surface area (Å²) in [6, 6.07) is 4.43. The van der Waals surface area contributed by atoms with Gasteiger partial charge in [0.1, 0.15) is 5.82 Å². The van der Waals surface area contributed by atoms with Gasteiger partial charge < -0.3 is 20.9 Å². The third-order valence-corrected chi connectivity index (χ3v) is 8.20. The lowest BCUT2D eigenvalue weighted by atomic mass is 9.91. The highest BCUT2D eigenvalue weighted by Crippen LogP contribution is 2.35. The minimum absolute atomic E-state index is 0.155. The van der Waals surface area contributed by atoms with Crippen molar-refractivity contribution in [1.82, 2.24) is 15.3 Å². The SMILES string of the molecule is CC(C)c1cc(Br)c(NC(=O)NC2CCC(Nc3nc4c(c(N(C)C)n3)CCCC4)CC2)c(Br)c1. The van der Waals surface area contributed by atoms with Gasteiger partial charge in [0, 0.05) is 40.7 Å². The van der Waals surface area contributed by atoms with E-state index in [-0.39, 0.29) is 12.1 Å². The van der Waals surface area contributed by atoms with E-state index in [4.69, 9.17) is 9.97 Å². The van der Waals surface area contributed by atoms with E-state index in [0.29, 0.717) is 12.0 Å². The molecule has 190 valence electrons. The van der Waals surface area contributed by atoms with Crippen LogP contribution < -0.4 is 20.9 Å². The van der Waals surface area contributed by atoms with Crippen LogP contribution in [-0.4, -0.2) is 42.2 Å². The summed E-state index contributed by atoms with van der Waals surface area (Å²) in [6.45, 7) is 4.30. The first-order valence-electron chi connectivity index (χ1n) is 12.6. The van der Waals surface area contributed by atoms with Gasteiger partial charge in [-0.3, -0.25) is 0 Å². The Morgan fingerprint density at radius 1 is 1.00 bits per heavy atom. The quantitative estimate of drug-likeness (QED) is 0.344. The molecular formula is C26H36Br2N6O. The van der Waals surface area contributed by atoms with Crippen LogP contribution in [0.25, 0.3) is 0 Å². The van der Waals surface area contributed by atoms with Gasteiger partial charge in [0.15, 0.2) is 0 Å². The summed E-state index contributed by atoms with van der Waals surface area (Å²) in [6.07, 6.45) is 8.30. The zero-order chi connectivity index (χ0) is 25.1. The molecule has 0 aliphatic heterocycles. The van der Waals surface area contributed by atoms with Crippen LogP contribution >= 0.6 is 31.9 Å². The van der Waals surface area contributed by atoms with Crippen LogP contribution in [0.15, 0.2) is 21.1 Å². The fourth-order valence-electron chi connectivity index (χ4n) is 4.95. The summed E-state index contributed by atoms with van der Waals surface area (Å²) in [7, 11) is 4.11. The second kappa shape index (κ2) is 11.5. The van der Waals surface area contributed by atoms with Gasteiger partial charge in [-0.25, -0.2) is 9.78 Å². The van der Waals surface area contributed by atoms with Crippen molar-refractivity contribution in [2.24, 2.45) is 0 Å². The number of carbonyl (C=O) groups excluding carboxylic acids is 1. The van der Waals surface area contributed by atoms with Crippen molar-refractivity contribution < 1.29 is 4.79 Å². The average Bonchev–Trinajstić information content (AvgIpc) is 2.82. The largest absolute Gasteiger partial charge is 0.362 e. The number of fused-ring (bicyclic) bond motifs is 1. The maximum Gasteiger partial charge on any atom is 0.319 e. The normalized spacial score (nSPS) is 19.7. The number of benzene rings is 1. The maximum atomic E-state index is 12.7. The van der Waals surface area contributed by atoms with Gasteiger partial charge in [-0.1, -0.05) is 13.8 Å². The molecule has 7 nitrogen and oxygen atoms in total. The van der Waals surface area contributed by atoms with Crippen molar-refractivity contribution in [2.75, 3.05) is 29.6 Å². The number of halogens is 2. The number of hydrogen-bond donors (Lipinski definition) is 3. The Balaban J connectivity index is 1.31. The number of hydrogen-bond acceptors (Lipinski definition) is 5. The second-order valence-electron chi connectivity index (χ2n) is 10.2. The van der Waals surface area contributed by atoms with E-state index in [9.17, 15) is 4.79 Å². The van der Waals surface area contributed by atoms with Gasteiger partial charge in [-0.05, 0) is 107 Å². The van der Waals surface area contributed by atoms with Crippen molar-refractivity contribution in [3.8, 4) is 0 Å². The summed E-state index contributed by atoms with van der Waals surface area (Å²) in [5, 5.41) is 9.74. The van der Waals surface area contributed by atoms with E-state index >= 15 is 0 Å². The number of nitrogens with one attached hydrogen (secondary N) is 3. The molecule has 0 saturated heterocycles. The Morgan fingerprint density at radius 2 is 1.63 bits per heavy atom. The highest BCUT2D eigenvalue weighted by molar-refractivity contribution is 9.11. The summed E-state index contributed by atoms with van der Waals surface area (Å²) in [4.78, 5) is 24.5. The molecule has 0 bridgehead atoms. The zero-order valence-corrected chi connectivity index (χ0v) is 24.2. The predicted molar refractivity (Wildman–Crippen MR) is 151 cm³/mol. The number of aryl methyl sites for hydroxylation is 1. The molecule has 0 spiro atoms. The fourth-order valence-corrected chi connectivity index (χ4v) is 6.37. The number of carbonyl (C=O) groups is 1. The first-order valence-corrected chi connectivity index (χ1v) is 14.2. The molecule has 2 aromatic rings. The molecule has 2 amide bonds. The van der Waals surface area contributed by atoms with Crippen LogP contribution in [0, 0.1) is 0 Å². The van der Waals surface area contributed by atoms with Crippen molar-refractivity contribution in [2.45, 2.75) is 83.2 Å². The summed E-state index contributed by atoms with van der Waals surface area (Å²) >= 11 is 7.20. The number of rotatable bonds is 6. The molecule has 2 aliphatic carbocycles. The second-order valence-corrected chi connectivity index (χ2v) is 11.9. The standard InChI is InChI=1S/C26H36Br2N6O/c1-15(2)16-13-20(27)23(21(28)14-16)32-26(35)30-18-11-9-17(10-12-18)29-25-31-22-8-6-5-7-19(22)24(33-25)34(3)4/h13-15,17-18H,5-12H2,1-4H3,(H,29,31,33)(H2,30,32,35). The molecule has 1 aromatic heterocycles. The topological polar surface area (TPSA) is 82.2 Å². The minimum atomic E-state index is -0.172. The molecule has 1 heterocycles. The van der Waals surface area contributed by atoms with Gasteiger partial charge in [0.25, 0.3) is 0 Å². The molecule has 0 radical (unpaired) electrons. The molecule has 0 unspecified atom stereocenters. The summed E-state index contributed by atoms with van der Waals surface area (Å²) < 4.78 is 1.75. The van der Waals surface area contributed by atoms with Crippen LogP contribution in [0.4, 0.5) is 22.2 Å². The Labute approximate surface area is 225 Å². The molecule has 1 fully saturated rings. The highest BCUT2D eigenvalue weighted by Gasteiger charge is 2.25. The third-order valence-electron chi connectivity index (χ3n) is 6.95. The van der Waals surface area contributed by atoms with Gasteiger partial charge in [0.05, 0.1) is 11.4 Å². The molecule has 0 atom stereocenters. The van der Waals surface area contributed by atoms with E-state index in [0.717, 1.165) is 64.9 Å². The number of amides is 2. The summed E-state index contributed by atoms with van der Waals surface area (Å²) in [5.41, 5.74) is 4.47. The molecule has 1 aromatic carbocycles. The van der Waals surface area contributed by atoms with Crippen molar-refractivity contribution in [1.29, 1.82) is 0 Å². The molecule has 3 N–H and O–H groups in total. The molecule has 35 heavy (non-hydrogen) atoms. The monoisotopic (exact) mass is 606 g/mol. The van der Waals surface area contributed by atoms with Crippen LogP contribution in [-0.2, 0) is 12.8 Å². The van der Waals surface area contributed by atoms with Crippen LogP contribution in [0.1, 0.15) is 75.1 Å². The van der Waals surface area contributed by atoms with Crippen LogP contribution in [0.2, 0.25) is 0 Å². The van der Waals surface area contributed by atoms with Crippen molar-refractivity contribution in [3.05, 3.63) is 37.9 Å². The number of urea groups is 1. The zero-order valence-electron chi connectivity index (χ0n) is 21.0. The lowest BCUT2D eigenvalue weighted by Gasteiger charge is -2.30. The Hall–Kier alpha value is -1.87. The molecular weight excluding hydrogens is 572 g/mol. The van der Waals surface area contributed by atoms with Crippen LogP contribution in [0.3, 0.4) is 0 Å². The van der Waals surface area contributed by atoms with Gasteiger partial charge in [0.2, 0.25) is 5.95 Å². The fraction of sp³-hybridized carbons (Fsp3) is 0.577. The first-order chi connectivity index (χ1) is 16.7. The lowest BCUT2D eigenvalue weighted by Crippen LogP contribution is -2.42. The van der Waals surface area contributed by atoms with Gasteiger partial charge in [-0.2, -0.15) is 4.98 Å². The third kappa shape index (κ3) is 6.47. The Bertz CT molecular complexity index is 1040. The number of nitrogens with zero attached hydrogens (tertiary/aromatic N) is 3. The molecule has 1 saturated carbocycles. The van der Waals surface area contributed by atoms with E-state index in [1.165, 1.54) is 29.7 Å². The minimum Gasteiger partial charge on any atom is -0.362 e.